The zero-order chi connectivity index (χ0) is 15.7. The van der Waals surface area contributed by atoms with Gasteiger partial charge in [0, 0.05) is 5.69 Å². The lowest BCUT2D eigenvalue weighted by atomic mass is 10.2. The molecule has 0 bridgehead atoms. The van der Waals surface area contributed by atoms with Gasteiger partial charge in [0.1, 0.15) is 12.2 Å². The van der Waals surface area contributed by atoms with Gasteiger partial charge in [-0.25, -0.2) is 9.78 Å². The summed E-state index contributed by atoms with van der Waals surface area (Å²) >= 11 is 0. The van der Waals surface area contributed by atoms with E-state index in [-0.39, 0.29) is 12.0 Å². The zero-order valence-electron chi connectivity index (χ0n) is 11.4. The van der Waals surface area contributed by atoms with Crippen molar-refractivity contribution in [1.29, 1.82) is 0 Å². The third-order valence-corrected chi connectivity index (χ3v) is 3.29. The van der Waals surface area contributed by atoms with Crippen LogP contribution in [0, 0.1) is 0 Å². The molecule has 2 aromatic carbocycles. The van der Waals surface area contributed by atoms with E-state index in [9.17, 15) is 9.59 Å². The average molecular weight is 296 g/mol. The molecule has 2 N–H and O–H groups in total. The smallest absolute Gasteiger partial charge is 0.335 e. The Labute approximate surface area is 125 Å². The van der Waals surface area contributed by atoms with Crippen LogP contribution in [0.4, 0.5) is 0 Å². The largest absolute Gasteiger partial charge is 0.481 e. The summed E-state index contributed by atoms with van der Waals surface area (Å²) in [6, 6.07) is 13.8. The molecular formula is C16H12N2O4. The number of fused-ring (bicyclic) bond motifs is 1. The highest BCUT2D eigenvalue weighted by Crippen LogP contribution is 2.23. The van der Waals surface area contributed by atoms with Crippen molar-refractivity contribution in [2.45, 2.75) is 6.42 Å². The number of aromatic carboxylic acids is 1. The van der Waals surface area contributed by atoms with Crippen LogP contribution in [0.15, 0.2) is 48.5 Å². The van der Waals surface area contributed by atoms with Gasteiger partial charge in [-0.1, -0.05) is 18.2 Å². The Balaban J connectivity index is 2.26. The predicted octanol–water partition coefficient (Wildman–Crippen LogP) is 2.35. The van der Waals surface area contributed by atoms with E-state index in [1.165, 1.54) is 12.1 Å². The molecule has 0 atom stereocenters. The molecule has 0 unspecified atom stereocenters. The Hall–Kier alpha value is -3.15. The Morgan fingerprint density at radius 1 is 1.05 bits per heavy atom. The highest BCUT2D eigenvalue weighted by molar-refractivity contribution is 5.93. The number of nitrogens with zero attached hydrogens (tertiary/aromatic N) is 2. The van der Waals surface area contributed by atoms with Gasteiger partial charge >= 0.3 is 11.9 Å². The first-order valence-electron chi connectivity index (χ1n) is 6.58. The highest BCUT2D eigenvalue weighted by atomic mass is 16.4. The number of hydrogen-bond donors (Lipinski definition) is 2. The lowest BCUT2D eigenvalue weighted by molar-refractivity contribution is -0.136. The predicted molar refractivity (Wildman–Crippen MR) is 79.4 cm³/mol. The molecule has 6 heteroatoms. The maximum absolute atomic E-state index is 11.1. The normalized spacial score (nSPS) is 10.7. The Kier molecular flexibility index (Phi) is 3.34. The van der Waals surface area contributed by atoms with Crippen LogP contribution in [-0.4, -0.2) is 31.7 Å². The molecule has 110 valence electrons. The summed E-state index contributed by atoms with van der Waals surface area (Å²) in [6.45, 7) is 0. The number of benzene rings is 2. The highest BCUT2D eigenvalue weighted by Gasteiger charge is 2.16. The summed E-state index contributed by atoms with van der Waals surface area (Å²) in [4.78, 5) is 26.4. The van der Waals surface area contributed by atoms with Gasteiger partial charge in [-0.05, 0) is 30.3 Å². The van der Waals surface area contributed by atoms with Gasteiger partial charge in [0.25, 0.3) is 0 Å². The van der Waals surface area contributed by atoms with E-state index >= 15 is 0 Å². The monoisotopic (exact) mass is 296 g/mol. The second-order valence-corrected chi connectivity index (χ2v) is 4.78. The molecule has 0 aliphatic heterocycles. The fraction of sp³-hybridized carbons (Fsp3) is 0.0625. The van der Waals surface area contributed by atoms with E-state index in [4.69, 9.17) is 10.2 Å². The molecule has 0 aliphatic carbocycles. The average Bonchev–Trinajstić information content (AvgIpc) is 2.84. The number of aromatic nitrogens is 2. The van der Waals surface area contributed by atoms with Crippen LogP contribution in [0.2, 0.25) is 0 Å². The Morgan fingerprint density at radius 3 is 2.41 bits per heavy atom. The minimum Gasteiger partial charge on any atom is -0.481 e. The van der Waals surface area contributed by atoms with Crippen molar-refractivity contribution in [3.63, 3.8) is 0 Å². The summed E-state index contributed by atoms with van der Waals surface area (Å²) in [6.07, 6.45) is -0.244. The van der Waals surface area contributed by atoms with Crippen molar-refractivity contribution in [1.82, 2.24) is 9.55 Å². The molecule has 0 saturated heterocycles. The molecule has 0 radical (unpaired) electrons. The number of rotatable bonds is 4. The topological polar surface area (TPSA) is 92.4 Å². The van der Waals surface area contributed by atoms with Gasteiger partial charge < -0.3 is 10.2 Å². The van der Waals surface area contributed by atoms with Gasteiger partial charge in [0.15, 0.2) is 0 Å². The van der Waals surface area contributed by atoms with Crippen LogP contribution in [-0.2, 0) is 11.2 Å². The summed E-state index contributed by atoms with van der Waals surface area (Å²) in [5, 5.41) is 18.1. The van der Waals surface area contributed by atoms with Crippen molar-refractivity contribution in [2.75, 3.05) is 0 Å². The van der Waals surface area contributed by atoms with E-state index in [1.54, 1.807) is 10.6 Å². The Morgan fingerprint density at radius 2 is 1.77 bits per heavy atom. The van der Waals surface area contributed by atoms with Gasteiger partial charge in [-0.3, -0.25) is 9.36 Å². The number of carboxylic acid groups (broad SMARTS) is 2. The van der Waals surface area contributed by atoms with Crippen molar-refractivity contribution in [3.05, 3.63) is 59.9 Å². The Bertz CT molecular complexity index is 868. The molecule has 22 heavy (non-hydrogen) atoms. The number of hydrogen-bond acceptors (Lipinski definition) is 3. The SMILES string of the molecule is O=C(O)Cc1nc2cc(C(=O)O)ccc2n1-c1ccccc1. The van der Waals surface area contributed by atoms with Crippen molar-refractivity contribution in [3.8, 4) is 5.69 Å². The quantitative estimate of drug-likeness (QED) is 0.771. The van der Waals surface area contributed by atoms with E-state index in [1.807, 2.05) is 30.3 Å². The molecule has 1 heterocycles. The zero-order valence-corrected chi connectivity index (χ0v) is 11.4. The summed E-state index contributed by atoms with van der Waals surface area (Å²) < 4.78 is 1.73. The van der Waals surface area contributed by atoms with E-state index < -0.39 is 11.9 Å². The van der Waals surface area contributed by atoms with E-state index in [2.05, 4.69) is 4.98 Å². The maximum Gasteiger partial charge on any atom is 0.335 e. The molecule has 6 nitrogen and oxygen atoms in total. The second kappa shape index (κ2) is 5.33. The number of imidazole rings is 1. The van der Waals surface area contributed by atoms with Crippen LogP contribution in [0.5, 0.6) is 0 Å². The van der Waals surface area contributed by atoms with Gasteiger partial charge in [-0.15, -0.1) is 0 Å². The van der Waals surface area contributed by atoms with Gasteiger partial charge in [-0.2, -0.15) is 0 Å². The first kappa shape index (κ1) is 13.8. The number of carboxylic acids is 2. The standard InChI is InChI=1S/C16H12N2O4/c19-15(20)9-14-17-12-8-10(16(21)22)6-7-13(12)18(14)11-4-2-1-3-5-11/h1-8H,9H2,(H,19,20)(H,21,22). The third-order valence-electron chi connectivity index (χ3n) is 3.29. The fourth-order valence-corrected chi connectivity index (χ4v) is 2.38. The summed E-state index contributed by atoms with van der Waals surface area (Å²) in [5.41, 5.74) is 2.03. The summed E-state index contributed by atoms with van der Waals surface area (Å²) in [7, 11) is 0. The van der Waals surface area contributed by atoms with Crippen LogP contribution in [0.25, 0.3) is 16.7 Å². The molecule has 0 fully saturated rings. The molecule has 0 aliphatic rings. The molecule has 0 spiro atoms. The maximum atomic E-state index is 11.1. The van der Waals surface area contributed by atoms with Crippen molar-refractivity contribution < 1.29 is 19.8 Å². The minimum absolute atomic E-state index is 0.118. The van der Waals surface area contributed by atoms with Crippen LogP contribution in [0.3, 0.4) is 0 Å². The fourth-order valence-electron chi connectivity index (χ4n) is 2.38. The first-order valence-corrected chi connectivity index (χ1v) is 6.58. The molecule has 0 saturated carbocycles. The molecular weight excluding hydrogens is 284 g/mol. The third kappa shape index (κ3) is 2.42. The van der Waals surface area contributed by atoms with E-state index in [0.29, 0.717) is 16.9 Å². The number of aliphatic carboxylic acids is 1. The van der Waals surface area contributed by atoms with Crippen molar-refractivity contribution >= 4 is 23.0 Å². The first-order chi connectivity index (χ1) is 10.6. The van der Waals surface area contributed by atoms with E-state index in [0.717, 1.165) is 5.69 Å². The minimum atomic E-state index is -1.05. The molecule has 0 amide bonds. The van der Waals surface area contributed by atoms with Crippen molar-refractivity contribution in [2.24, 2.45) is 0 Å². The lowest BCUT2D eigenvalue weighted by Gasteiger charge is -2.07. The van der Waals surface area contributed by atoms with Crippen LogP contribution in [0.1, 0.15) is 16.2 Å². The number of para-hydroxylation sites is 1. The van der Waals surface area contributed by atoms with Crippen LogP contribution >= 0.6 is 0 Å². The molecule has 3 aromatic rings. The summed E-state index contributed by atoms with van der Waals surface area (Å²) in [5.74, 6) is -1.68. The second-order valence-electron chi connectivity index (χ2n) is 4.78. The lowest BCUT2D eigenvalue weighted by Crippen LogP contribution is -2.07. The van der Waals surface area contributed by atoms with Crippen LogP contribution < -0.4 is 0 Å². The van der Waals surface area contributed by atoms with Gasteiger partial charge in [0.2, 0.25) is 0 Å². The molecule has 1 aromatic heterocycles. The molecule has 3 rings (SSSR count). The van der Waals surface area contributed by atoms with Gasteiger partial charge in [0.05, 0.1) is 16.6 Å². The number of carbonyl (C=O) groups is 2.